The van der Waals surface area contributed by atoms with Gasteiger partial charge >= 0.3 is 0 Å². The maximum Gasteiger partial charge on any atom is 0.230 e. The van der Waals surface area contributed by atoms with Gasteiger partial charge in [0, 0.05) is 16.9 Å². The predicted molar refractivity (Wildman–Crippen MR) is 120 cm³/mol. The minimum absolute atomic E-state index is 0.124. The highest BCUT2D eigenvalue weighted by molar-refractivity contribution is 5.92. The zero-order chi connectivity index (χ0) is 22.1. The molecule has 0 fully saturated rings. The van der Waals surface area contributed by atoms with Crippen LogP contribution in [-0.4, -0.2) is 17.6 Å². The number of fused-ring (bicyclic) bond motifs is 1. The van der Waals surface area contributed by atoms with Gasteiger partial charge in [-0.2, -0.15) is 0 Å². The number of oxazole rings is 1. The van der Waals surface area contributed by atoms with Crippen LogP contribution < -0.4 is 26.7 Å². The molecular weight excluding hydrogens is 406 g/mol. The number of furan rings is 1. The van der Waals surface area contributed by atoms with Crippen molar-refractivity contribution in [3.63, 3.8) is 0 Å². The standard InChI is InChI=1S/C24H21N5O3/c1-15-20(28-23(32-15)16-5-3-2-4-6-16)13-21(30)27-17-7-9-18(10-8-17)29-14-26-24-19(22(29)25)11-12-31-24/h2-12H,13-14,25H2,1H3,(H,27,30). The second-order valence-corrected chi connectivity index (χ2v) is 7.41. The van der Waals surface area contributed by atoms with E-state index in [-0.39, 0.29) is 12.3 Å². The first kappa shape index (κ1) is 19.6. The molecule has 2 aromatic carbocycles. The number of nitrogens with zero attached hydrogens (tertiary/aromatic N) is 3. The van der Waals surface area contributed by atoms with Crippen molar-refractivity contribution in [1.29, 1.82) is 0 Å². The van der Waals surface area contributed by atoms with E-state index in [2.05, 4.69) is 15.3 Å². The van der Waals surface area contributed by atoms with Gasteiger partial charge < -0.3 is 24.8 Å². The molecule has 0 bridgehead atoms. The van der Waals surface area contributed by atoms with E-state index in [1.165, 1.54) is 0 Å². The smallest absolute Gasteiger partial charge is 0.230 e. The van der Waals surface area contributed by atoms with Crippen molar-refractivity contribution in [2.24, 2.45) is 10.7 Å². The Morgan fingerprint density at radius 1 is 1.12 bits per heavy atom. The van der Waals surface area contributed by atoms with E-state index in [0.717, 1.165) is 16.5 Å². The summed E-state index contributed by atoms with van der Waals surface area (Å²) in [6, 6.07) is 18.8. The van der Waals surface area contributed by atoms with Crippen LogP contribution in [0.25, 0.3) is 17.3 Å². The van der Waals surface area contributed by atoms with Gasteiger partial charge in [-0.05, 0) is 49.4 Å². The van der Waals surface area contributed by atoms with Crippen molar-refractivity contribution in [2.45, 2.75) is 13.3 Å². The molecule has 8 heteroatoms. The second kappa shape index (κ2) is 8.07. The van der Waals surface area contributed by atoms with Gasteiger partial charge in [-0.3, -0.25) is 4.79 Å². The quantitative estimate of drug-likeness (QED) is 0.507. The molecule has 4 aromatic rings. The van der Waals surface area contributed by atoms with Crippen molar-refractivity contribution in [2.75, 3.05) is 16.9 Å². The van der Waals surface area contributed by atoms with Crippen molar-refractivity contribution in [3.8, 4) is 11.5 Å². The number of benzene rings is 2. The highest BCUT2D eigenvalue weighted by Crippen LogP contribution is 2.23. The lowest BCUT2D eigenvalue weighted by molar-refractivity contribution is -0.115. The predicted octanol–water partition coefficient (Wildman–Crippen LogP) is 2.55. The molecule has 1 aliphatic heterocycles. The third kappa shape index (κ3) is 3.74. The summed E-state index contributed by atoms with van der Waals surface area (Å²) in [5.74, 6) is 1.55. The molecule has 0 aliphatic carbocycles. The molecule has 3 N–H and O–H groups in total. The van der Waals surface area contributed by atoms with Gasteiger partial charge in [-0.15, -0.1) is 0 Å². The molecule has 0 unspecified atom stereocenters. The zero-order valence-corrected chi connectivity index (χ0v) is 17.4. The van der Waals surface area contributed by atoms with Crippen LogP contribution in [0.2, 0.25) is 0 Å². The van der Waals surface area contributed by atoms with Crippen LogP contribution in [0.4, 0.5) is 11.4 Å². The highest BCUT2D eigenvalue weighted by atomic mass is 16.4. The molecule has 3 heterocycles. The average molecular weight is 427 g/mol. The summed E-state index contributed by atoms with van der Waals surface area (Å²) < 4.78 is 11.0. The van der Waals surface area contributed by atoms with Gasteiger partial charge in [0.05, 0.1) is 23.6 Å². The van der Waals surface area contributed by atoms with Crippen LogP contribution in [-0.2, 0) is 11.2 Å². The number of carbonyl (C=O) groups is 1. The van der Waals surface area contributed by atoms with Crippen molar-refractivity contribution < 1.29 is 13.6 Å². The van der Waals surface area contributed by atoms with E-state index in [4.69, 9.17) is 14.6 Å². The maximum atomic E-state index is 12.6. The molecular formula is C24H21N5O3. The SMILES string of the molecule is Cc1oc(-c2ccccc2)nc1CC(=O)Nc1ccc(N2CN=c3occc3=C2N)cc1. The van der Waals surface area contributed by atoms with Crippen LogP contribution in [0.1, 0.15) is 11.5 Å². The van der Waals surface area contributed by atoms with E-state index in [1.807, 2.05) is 66.4 Å². The third-order valence-corrected chi connectivity index (χ3v) is 5.27. The van der Waals surface area contributed by atoms with Crippen molar-refractivity contribution in [3.05, 3.63) is 89.2 Å². The van der Waals surface area contributed by atoms with Gasteiger partial charge in [-0.1, -0.05) is 18.2 Å². The van der Waals surface area contributed by atoms with Crippen molar-refractivity contribution >= 4 is 23.1 Å². The number of carbonyl (C=O) groups excluding carboxylic acids is 1. The fourth-order valence-corrected chi connectivity index (χ4v) is 3.57. The normalized spacial score (nSPS) is 12.9. The third-order valence-electron chi connectivity index (χ3n) is 5.27. The number of nitrogens with two attached hydrogens (primary N) is 1. The molecule has 0 atom stereocenters. The largest absolute Gasteiger partial charge is 0.446 e. The Kier molecular flexibility index (Phi) is 4.95. The van der Waals surface area contributed by atoms with Gasteiger partial charge in [0.1, 0.15) is 18.2 Å². The Bertz CT molecular complexity index is 1390. The van der Waals surface area contributed by atoms with E-state index >= 15 is 0 Å². The lowest BCUT2D eigenvalue weighted by Crippen LogP contribution is -2.42. The summed E-state index contributed by atoms with van der Waals surface area (Å²) in [5.41, 5.74) is 9.85. The number of amides is 1. The topological polar surface area (TPSA) is 110 Å². The molecule has 32 heavy (non-hydrogen) atoms. The Labute approximate surface area is 183 Å². The molecule has 0 radical (unpaired) electrons. The lowest BCUT2D eigenvalue weighted by atomic mass is 10.2. The lowest BCUT2D eigenvalue weighted by Gasteiger charge is -2.24. The number of hydrogen-bond acceptors (Lipinski definition) is 7. The molecule has 2 aromatic heterocycles. The van der Waals surface area contributed by atoms with E-state index in [1.54, 1.807) is 12.3 Å². The van der Waals surface area contributed by atoms with E-state index < -0.39 is 0 Å². The summed E-state index contributed by atoms with van der Waals surface area (Å²) >= 11 is 0. The zero-order valence-electron chi connectivity index (χ0n) is 17.4. The van der Waals surface area contributed by atoms with E-state index in [0.29, 0.717) is 41.1 Å². The van der Waals surface area contributed by atoms with Crippen LogP contribution in [0.3, 0.4) is 0 Å². The molecule has 160 valence electrons. The number of anilines is 2. The van der Waals surface area contributed by atoms with Gasteiger partial charge in [0.15, 0.2) is 0 Å². The monoisotopic (exact) mass is 427 g/mol. The molecule has 8 nitrogen and oxygen atoms in total. The highest BCUT2D eigenvalue weighted by Gasteiger charge is 2.17. The Morgan fingerprint density at radius 2 is 1.91 bits per heavy atom. The minimum atomic E-state index is -0.171. The molecule has 1 aliphatic rings. The van der Waals surface area contributed by atoms with Crippen LogP contribution in [0, 0.1) is 6.92 Å². The van der Waals surface area contributed by atoms with Crippen LogP contribution in [0.15, 0.2) is 80.8 Å². The number of aromatic nitrogens is 1. The van der Waals surface area contributed by atoms with Gasteiger partial charge in [0.25, 0.3) is 0 Å². The second-order valence-electron chi connectivity index (χ2n) is 7.41. The number of rotatable bonds is 5. The van der Waals surface area contributed by atoms with Crippen LogP contribution in [0.5, 0.6) is 0 Å². The van der Waals surface area contributed by atoms with Crippen molar-refractivity contribution in [1.82, 2.24) is 4.98 Å². The summed E-state index contributed by atoms with van der Waals surface area (Å²) in [5, 5.41) is 3.67. The summed E-state index contributed by atoms with van der Waals surface area (Å²) in [6.07, 6.45) is 1.70. The van der Waals surface area contributed by atoms with E-state index in [9.17, 15) is 4.79 Å². The first-order chi connectivity index (χ1) is 15.6. The average Bonchev–Trinajstić information content (AvgIpc) is 3.43. The Hall–Kier alpha value is -4.33. The summed E-state index contributed by atoms with van der Waals surface area (Å²) in [7, 11) is 0. The maximum absolute atomic E-state index is 12.6. The molecule has 0 spiro atoms. The number of hydrogen-bond donors (Lipinski definition) is 2. The number of nitrogens with one attached hydrogen (secondary N) is 1. The first-order valence-electron chi connectivity index (χ1n) is 10.2. The fraction of sp³-hybridized carbons (Fsp3) is 0.125. The first-order valence-corrected chi connectivity index (χ1v) is 10.2. The Morgan fingerprint density at radius 3 is 2.69 bits per heavy atom. The molecule has 0 saturated carbocycles. The van der Waals surface area contributed by atoms with Crippen LogP contribution >= 0.6 is 0 Å². The minimum Gasteiger partial charge on any atom is -0.446 e. The molecule has 0 saturated heterocycles. The molecule has 1 amide bonds. The van der Waals surface area contributed by atoms with Gasteiger partial charge in [-0.25, -0.2) is 9.98 Å². The number of aryl methyl sites for hydroxylation is 1. The summed E-state index contributed by atoms with van der Waals surface area (Å²) in [6.45, 7) is 2.18. The van der Waals surface area contributed by atoms with Gasteiger partial charge in [0.2, 0.25) is 17.4 Å². The fourth-order valence-electron chi connectivity index (χ4n) is 3.57. The molecule has 5 rings (SSSR count). The Balaban J connectivity index is 1.26. The summed E-state index contributed by atoms with van der Waals surface area (Å²) in [4.78, 5) is 23.3.